The highest BCUT2D eigenvalue weighted by Gasteiger charge is 2.07. The summed E-state index contributed by atoms with van der Waals surface area (Å²) in [5.74, 6) is 0.707. The highest BCUT2D eigenvalue weighted by Crippen LogP contribution is 2.28. The van der Waals surface area contributed by atoms with E-state index in [1.807, 2.05) is 49.5 Å². The van der Waals surface area contributed by atoms with Gasteiger partial charge in [0.25, 0.3) is 0 Å². The fraction of sp³-hybridized carbons (Fsp3) is 0.250. The van der Waals surface area contributed by atoms with Crippen molar-refractivity contribution in [3.63, 3.8) is 0 Å². The Kier molecular flexibility index (Phi) is 5.46. The van der Waals surface area contributed by atoms with E-state index in [2.05, 4.69) is 28.2 Å². The molecule has 0 bridgehead atoms. The van der Waals surface area contributed by atoms with Gasteiger partial charge < -0.3 is 10.1 Å². The fourth-order valence-corrected chi connectivity index (χ4v) is 2.55. The van der Waals surface area contributed by atoms with Gasteiger partial charge in [-0.3, -0.25) is 0 Å². The van der Waals surface area contributed by atoms with E-state index in [0.29, 0.717) is 17.4 Å². The molecule has 1 atom stereocenters. The number of hydrogen-bond acceptors (Lipinski definition) is 2. The molecule has 0 aromatic heterocycles. The summed E-state index contributed by atoms with van der Waals surface area (Å²) in [6, 6.07) is 14.2. The molecule has 20 heavy (non-hydrogen) atoms. The zero-order valence-electron chi connectivity index (χ0n) is 11.5. The van der Waals surface area contributed by atoms with Crippen molar-refractivity contribution in [2.75, 3.05) is 7.05 Å². The molecule has 2 rings (SSSR count). The number of halogens is 2. The summed E-state index contributed by atoms with van der Waals surface area (Å²) >= 11 is 9.71. The molecule has 0 saturated heterocycles. The van der Waals surface area contributed by atoms with Crippen molar-refractivity contribution in [1.29, 1.82) is 0 Å². The van der Waals surface area contributed by atoms with Crippen molar-refractivity contribution >= 4 is 27.5 Å². The first-order valence-electron chi connectivity index (χ1n) is 6.44. The number of benzene rings is 2. The Bertz CT molecular complexity index is 588. The van der Waals surface area contributed by atoms with Crippen LogP contribution in [0.2, 0.25) is 5.02 Å². The Morgan fingerprint density at radius 3 is 2.70 bits per heavy atom. The first kappa shape index (κ1) is 15.4. The van der Waals surface area contributed by atoms with Gasteiger partial charge in [0.05, 0.1) is 5.02 Å². The molecule has 0 heterocycles. The van der Waals surface area contributed by atoms with Gasteiger partial charge in [0.2, 0.25) is 0 Å². The third-order valence-electron chi connectivity index (χ3n) is 3.17. The SMILES string of the molecule is CNC(C)c1ccc(OCc2cccc(Br)c2)c(Cl)c1. The third kappa shape index (κ3) is 3.98. The molecule has 2 aromatic carbocycles. The minimum absolute atomic E-state index is 0.270. The van der Waals surface area contributed by atoms with E-state index >= 15 is 0 Å². The molecule has 0 aliphatic heterocycles. The molecule has 0 radical (unpaired) electrons. The van der Waals surface area contributed by atoms with Crippen molar-refractivity contribution < 1.29 is 4.74 Å². The van der Waals surface area contributed by atoms with E-state index in [1.165, 1.54) is 0 Å². The average Bonchev–Trinajstić information content (AvgIpc) is 2.45. The topological polar surface area (TPSA) is 21.3 Å². The van der Waals surface area contributed by atoms with Crippen LogP contribution in [0.15, 0.2) is 46.9 Å². The van der Waals surface area contributed by atoms with E-state index < -0.39 is 0 Å². The van der Waals surface area contributed by atoms with Crippen LogP contribution in [-0.2, 0) is 6.61 Å². The van der Waals surface area contributed by atoms with Gasteiger partial charge in [-0.2, -0.15) is 0 Å². The molecule has 0 spiro atoms. The van der Waals surface area contributed by atoms with Crippen LogP contribution in [0, 0.1) is 0 Å². The molecule has 2 aromatic rings. The molecule has 0 fully saturated rings. The van der Waals surface area contributed by atoms with Crippen molar-refractivity contribution in [2.45, 2.75) is 19.6 Å². The standard InChI is InChI=1S/C16H17BrClNO/c1-11(19-2)13-6-7-16(15(18)9-13)20-10-12-4-3-5-14(17)8-12/h3-9,11,19H,10H2,1-2H3. The number of hydrogen-bond donors (Lipinski definition) is 1. The molecule has 2 nitrogen and oxygen atoms in total. The van der Waals surface area contributed by atoms with Crippen molar-refractivity contribution in [1.82, 2.24) is 5.32 Å². The second-order valence-electron chi connectivity index (χ2n) is 4.62. The summed E-state index contributed by atoms with van der Waals surface area (Å²) in [5, 5.41) is 3.83. The lowest BCUT2D eigenvalue weighted by Gasteiger charge is -2.13. The summed E-state index contributed by atoms with van der Waals surface area (Å²) in [7, 11) is 1.93. The van der Waals surface area contributed by atoms with Crippen LogP contribution in [0.25, 0.3) is 0 Å². The van der Waals surface area contributed by atoms with Crippen LogP contribution >= 0.6 is 27.5 Å². The lowest BCUT2D eigenvalue weighted by atomic mass is 10.1. The van der Waals surface area contributed by atoms with Crippen LogP contribution in [0.1, 0.15) is 24.1 Å². The summed E-state index contributed by atoms with van der Waals surface area (Å²) in [4.78, 5) is 0. The summed E-state index contributed by atoms with van der Waals surface area (Å²) in [5.41, 5.74) is 2.25. The molecule has 0 aliphatic carbocycles. The monoisotopic (exact) mass is 353 g/mol. The maximum absolute atomic E-state index is 6.27. The van der Waals surface area contributed by atoms with E-state index in [0.717, 1.165) is 15.6 Å². The van der Waals surface area contributed by atoms with Gasteiger partial charge in [0.1, 0.15) is 12.4 Å². The number of ether oxygens (including phenoxy) is 1. The predicted molar refractivity (Wildman–Crippen MR) is 87.4 cm³/mol. The van der Waals surface area contributed by atoms with Gasteiger partial charge in [0, 0.05) is 10.5 Å². The highest BCUT2D eigenvalue weighted by molar-refractivity contribution is 9.10. The third-order valence-corrected chi connectivity index (χ3v) is 3.96. The van der Waals surface area contributed by atoms with Gasteiger partial charge in [-0.15, -0.1) is 0 Å². The molecule has 1 N–H and O–H groups in total. The minimum Gasteiger partial charge on any atom is -0.487 e. The average molecular weight is 355 g/mol. The van der Waals surface area contributed by atoms with Gasteiger partial charge in [-0.05, 0) is 49.4 Å². The van der Waals surface area contributed by atoms with Crippen LogP contribution < -0.4 is 10.1 Å². The van der Waals surface area contributed by atoms with Gasteiger partial charge in [0.15, 0.2) is 0 Å². The van der Waals surface area contributed by atoms with Crippen molar-refractivity contribution in [2.24, 2.45) is 0 Å². The number of nitrogens with one attached hydrogen (secondary N) is 1. The lowest BCUT2D eigenvalue weighted by Crippen LogP contribution is -2.12. The smallest absolute Gasteiger partial charge is 0.138 e. The normalized spacial score (nSPS) is 12.2. The zero-order valence-corrected chi connectivity index (χ0v) is 13.8. The molecule has 0 saturated carbocycles. The molecule has 106 valence electrons. The second-order valence-corrected chi connectivity index (χ2v) is 5.94. The molecule has 0 amide bonds. The lowest BCUT2D eigenvalue weighted by molar-refractivity contribution is 0.306. The first-order chi connectivity index (χ1) is 9.60. The quantitative estimate of drug-likeness (QED) is 0.819. The Labute approximate surface area is 133 Å². The van der Waals surface area contributed by atoms with Crippen molar-refractivity contribution in [3.05, 3.63) is 63.1 Å². The largest absolute Gasteiger partial charge is 0.487 e. The Morgan fingerprint density at radius 2 is 2.05 bits per heavy atom. The molecule has 0 aliphatic rings. The van der Waals surface area contributed by atoms with Gasteiger partial charge in [-0.1, -0.05) is 45.7 Å². The summed E-state index contributed by atoms with van der Waals surface area (Å²) in [6.07, 6.45) is 0. The van der Waals surface area contributed by atoms with Crippen molar-refractivity contribution in [3.8, 4) is 5.75 Å². The first-order valence-corrected chi connectivity index (χ1v) is 7.61. The molecule has 1 unspecified atom stereocenters. The predicted octanol–water partition coefficient (Wildman–Crippen LogP) is 4.96. The van der Waals surface area contributed by atoms with Gasteiger partial charge in [-0.25, -0.2) is 0 Å². The maximum atomic E-state index is 6.27. The van der Waals surface area contributed by atoms with Gasteiger partial charge >= 0.3 is 0 Å². The molecular formula is C16H17BrClNO. The van der Waals surface area contributed by atoms with Crippen LogP contribution in [0.5, 0.6) is 5.75 Å². The minimum atomic E-state index is 0.270. The summed E-state index contributed by atoms with van der Waals surface area (Å²) in [6.45, 7) is 2.59. The Balaban J connectivity index is 2.07. The maximum Gasteiger partial charge on any atom is 0.138 e. The second kappa shape index (κ2) is 7.11. The van der Waals surface area contributed by atoms with E-state index in [1.54, 1.807) is 0 Å². The van der Waals surface area contributed by atoms with E-state index in [9.17, 15) is 0 Å². The zero-order chi connectivity index (χ0) is 14.5. The van der Waals surface area contributed by atoms with E-state index in [4.69, 9.17) is 16.3 Å². The Morgan fingerprint density at radius 1 is 1.25 bits per heavy atom. The van der Waals surface area contributed by atoms with E-state index in [-0.39, 0.29) is 6.04 Å². The fourth-order valence-electron chi connectivity index (χ4n) is 1.86. The van der Waals surface area contributed by atoms with Crippen LogP contribution in [0.4, 0.5) is 0 Å². The summed E-state index contributed by atoms with van der Waals surface area (Å²) < 4.78 is 6.82. The van der Waals surface area contributed by atoms with Crippen LogP contribution in [0.3, 0.4) is 0 Å². The van der Waals surface area contributed by atoms with Crippen LogP contribution in [-0.4, -0.2) is 7.05 Å². The molecular weight excluding hydrogens is 338 g/mol. The Hall–Kier alpha value is -1.03. The highest BCUT2D eigenvalue weighted by atomic mass is 79.9. The number of rotatable bonds is 5. The molecule has 4 heteroatoms.